The van der Waals surface area contributed by atoms with Gasteiger partial charge in [0.1, 0.15) is 0 Å². The van der Waals surface area contributed by atoms with Crippen LogP contribution in [0.4, 0.5) is 0 Å². The van der Waals surface area contributed by atoms with Crippen molar-refractivity contribution in [1.82, 2.24) is 0 Å². The van der Waals surface area contributed by atoms with Gasteiger partial charge in [0.05, 0.1) is 0 Å². The van der Waals surface area contributed by atoms with Crippen LogP contribution in [0.15, 0.2) is 24.8 Å². The van der Waals surface area contributed by atoms with Gasteiger partial charge in [-0.3, -0.25) is 0 Å². The molecule has 0 nitrogen and oxygen atoms in total. The lowest BCUT2D eigenvalue weighted by molar-refractivity contribution is 1.13. The molecule has 1 aromatic rings. The summed E-state index contributed by atoms with van der Waals surface area (Å²) in [5.41, 5.74) is 3.94. The maximum atomic E-state index is 3.77. The number of hydrogen-bond acceptors (Lipinski definition) is 0. The lowest BCUT2D eigenvalue weighted by Gasteiger charge is -2.02. The average molecular weight is 176 g/mol. The summed E-state index contributed by atoms with van der Waals surface area (Å²) >= 11 is 0. The van der Waals surface area contributed by atoms with Gasteiger partial charge in [0.25, 0.3) is 0 Å². The average Bonchev–Trinajstić information content (AvgIpc) is 2.22. The summed E-state index contributed by atoms with van der Waals surface area (Å²) in [4.78, 5) is 0. The summed E-state index contributed by atoms with van der Waals surface area (Å²) in [7, 11) is 0. The predicted octanol–water partition coefficient (Wildman–Crippen LogP) is 4.23. The fourth-order valence-electron chi connectivity index (χ4n) is 1.13. The molecule has 0 aliphatic heterocycles. The zero-order valence-electron chi connectivity index (χ0n) is 9.22. The van der Waals surface area contributed by atoms with Crippen LogP contribution in [0.2, 0.25) is 0 Å². The molecule has 0 radical (unpaired) electrons. The van der Waals surface area contributed by atoms with E-state index in [0.717, 1.165) is 6.42 Å². The number of benzene rings is 1. The van der Waals surface area contributed by atoms with Crippen LogP contribution >= 0.6 is 0 Å². The third-order valence-corrected chi connectivity index (χ3v) is 1.97. The van der Waals surface area contributed by atoms with Crippen molar-refractivity contribution in [3.05, 3.63) is 41.5 Å². The standard InChI is InChI=1S/C11H14.C2H6/c1-4-10-7-6-9(3)11(5-2)8-10;1-2/h5-8H,2,4H2,1,3H3;1-2H3. The van der Waals surface area contributed by atoms with Crippen LogP contribution in [-0.2, 0) is 6.42 Å². The zero-order valence-corrected chi connectivity index (χ0v) is 9.22. The molecule has 0 aliphatic rings. The van der Waals surface area contributed by atoms with E-state index in [-0.39, 0.29) is 0 Å². The minimum atomic E-state index is 1.10. The van der Waals surface area contributed by atoms with Gasteiger partial charge in [-0.1, -0.05) is 51.6 Å². The Balaban J connectivity index is 0.000000671. The number of aryl methyl sites for hydroxylation is 2. The first kappa shape index (κ1) is 12.0. The van der Waals surface area contributed by atoms with Crippen molar-refractivity contribution in [3.8, 4) is 0 Å². The Morgan fingerprint density at radius 1 is 1.31 bits per heavy atom. The Kier molecular flexibility index (Phi) is 5.96. The second-order valence-corrected chi connectivity index (χ2v) is 2.75. The molecule has 0 fully saturated rings. The Hall–Kier alpha value is -1.04. The van der Waals surface area contributed by atoms with Gasteiger partial charge < -0.3 is 0 Å². The second kappa shape index (κ2) is 6.47. The summed E-state index contributed by atoms with van der Waals surface area (Å²) in [5, 5.41) is 0. The van der Waals surface area contributed by atoms with Gasteiger partial charge in [-0.15, -0.1) is 0 Å². The van der Waals surface area contributed by atoms with Gasteiger partial charge in [0, 0.05) is 0 Å². The van der Waals surface area contributed by atoms with Crippen molar-refractivity contribution < 1.29 is 0 Å². The van der Waals surface area contributed by atoms with Gasteiger partial charge in [-0.05, 0) is 30.0 Å². The van der Waals surface area contributed by atoms with Gasteiger partial charge in [-0.2, -0.15) is 0 Å². The molecule has 0 heterocycles. The van der Waals surface area contributed by atoms with Crippen LogP contribution in [0, 0.1) is 6.92 Å². The second-order valence-electron chi connectivity index (χ2n) is 2.75. The van der Waals surface area contributed by atoms with Gasteiger partial charge in [0.2, 0.25) is 0 Å². The van der Waals surface area contributed by atoms with Crippen LogP contribution in [-0.4, -0.2) is 0 Å². The zero-order chi connectivity index (χ0) is 10.3. The maximum absolute atomic E-state index is 3.77. The third kappa shape index (κ3) is 3.45. The lowest BCUT2D eigenvalue weighted by Crippen LogP contribution is -1.84. The van der Waals surface area contributed by atoms with E-state index >= 15 is 0 Å². The molecule has 0 saturated carbocycles. The predicted molar refractivity (Wildman–Crippen MR) is 62.0 cm³/mol. The molecule has 72 valence electrons. The van der Waals surface area contributed by atoms with Crippen molar-refractivity contribution in [2.75, 3.05) is 0 Å². The highest BCUT2D eigenvalue weighted by atomic mass is 14.0. The molecule has 0 atom stereocenters. The molecular formula is C13H20. The molecule has 0 amide bonds. The van der Waals surface area contributed by atoms with E-state index in [9.17, 15) is 0 Å². The highest BCUT2D eigenvalue weighted by molar-refractivity contribution is 5.52. The van der Waals surface area contributed by atoms with E-state index in [0.29, 0.717) is 0 Å². The largest absolute Gasteiger partial charge is 0.0985 e. The van der Waals surface area contributed by atoms with Gasteiger partial charge >= 0.3 is 0 Å². The normalized spacial score (nSPS) is 8.62. The third-order valence-electron chi connectivity index (χ3n) is 1.97. The van der Waals surface area contributed by atoms with E-state index in [1.807, 2.05) is 19.9 Å². The van der Waals surface area contributed by atoms with E-state index in [4.69, 9.17) is 0 Å². The van der Waals surface area contributed by atoms with Gasteiger partial charge in [-0.25, -0.2) is 0 Å². The SMILES string of the molecule is C=Cc1cc(CC)ccc1C.CC. The van der Waals surface area contributed by atoms with E-state index in [1.165, 1.54) is 16.7 Å². The fraction of sp³-hybridized carbons (Fsp3) is 0.385. The highest BCUT2D eigenvalue weighted by Crippen LogP contribution is 2.12. The topological polar surface area (TPSA) is 0 Å². The number of hydrogen-bond donors (Lipinski definition) is 0. The molecule has 0 unspecified atom stereocenters. The van der Waals surface area contributed by atoms with Crippen LogP contribution in [0.3, 0.4) is 0 Å². The molecule has 0 spiro atoms. The van der Waals surface area contributed by atoms with E-state index < -0.39 is 0 Å². The molecule has 13 heavy (non-hydrogen) atoms. The van der Waals surface area contributed by atoms with Crippen LogP contribution in [0.25, 0.3) is 6.08 Å². The van der Waals surface area contributed by atoms with E-state index in [2.05, 4.69) is 38.6 Å². The molecule has 0 saturated heterocycles. The Morgan fingerprint density at radius 3 is 2.38 bits per heavy atom. The first-order valence-corrected chi connectivity index (χ1v) is 5.00. The Morgan fingerprint density at radius 2 is 1.92 bits per heavy atom. The Bertz CT molecular complexity index is 259. The van der Waals surface area contributed by atoms with Gasteiger partial charge in [0.15, 0.2) is 0 Å². The maximum Gasteiger partial charge on any atom is -0.0230 e. The van der Waals surface area contributed by atoms with Crippen molar-refractivity contribution in [2.45, 2.75) is 34.1 Å². The summed E-state index contributed by atoms with van der Waals surface area (Å²) in [5.74, 6) is 0. The van der Waals surface area contributed by atoms with Crippen LogP contribution in [0.1, 0.15) is 37.5 Å². The molecular weight excluding hydrogens is 156 g/mol. The monoisotopic (exact) mass is 176 g/mol. The quantitative estimate of drug-likeness (QED) is 0.632. The summed E-state index contributed by atoms with van der Waals surface area (Å²) < 4.78 is 0. The molecule has 1 aromatic carbocycles. The van der Waals surface area contributed by atoms with E-state index in [1.54, 1.807) is 0 Å². The first-order chi connectivity index (χ1) is 6.27. The molecule has 0 bridgehead atoms. The Labute approximate surface area is 82.3 Å². The van der Waals surface area contributed by atoms with Crippen molar-refractivity contribution in [2.24, 2.45) is 0 Å². The van der Waals surface area contributed by atoms with Crippen molar-refractivity contribution in [3.63, 3.8) is 0 Å². The molecule has 1 rings (SSSR count). The minimum absolute atomic E-state index is 1.10. The van der Waals surface area contributed by atoms with Crippen LogP contribution < -0.4 is 0 Å². The smallest absolute Gasteiger partial charge is 0.0230 e. The lowest BCUT2D eigenvalue weighted by atomic mass is 10.0. The first-order valence-electron chi connectivity index (χ1n) is 5.00. The summed E-state index contributed by atoms with van der Waals surface area (Å²) in [6.45, 7) is 12.0. The molecule has 0 aliphatic carbocycles. The summed E-state index contributed by atoms with van der Waals surface area (Å²) in [6, 6.07) is 6.51. The summed E-state index contributed by atoms with van der Waals surface area (Å²) in [6.07, 6.45) is 3.01. The fourth-order valence-corrected chi connectivity index (χ4v) is 1.13. The number of rotatable bonds is 2. The van der Waals surface area contributed by atoms with Crippen LogP contribution in [0.5, 0.6) is 0 Å². The van der Waals surface area contributed by atoms with Crippen molar-refractivity contribution >= 4 is 6.08 Å². The molecule has 0 N–H and O–H groups in total. The van der Waals surface area contributed by atoms with Crippen molar-refractivity contribution in [1.29, 1.82) is 0 Å². The highest BCUT2D eigenvalue weighted by Gasteiger charge is 1.93. The molecule has 0 heteroatoms. The molecule has 0 aromatic heterocycles. The minimum Gasteiger partial charge on any atom is -0.0985 e.